The zero-order valence-corrected chi connectivity index (χ0v) is 16.3. The molecule has 1 N–H and O–H groups in total. The molecule has 1 amide bonds. The summed E-state index contributed by atoms with van der Waals surface area (Å²) >= 11 is 0. The summed E-state index contributed by atoms with van der Waals surface area (Å²) in [4.78, 5) is 25.3. The van der Waals surface area contributed by atoms with Crippen LogP contribution in [0.5, 0.6) is 5.75 Å². The molecule has 0 fully saturated rings. The number of amides is 1. The highest BCUT2D eigenvalue weighted by Gasteiger charge is 2.38. The average molecular weight is 415 g/mol. The third-order valence-corrected chi connectivity index (χ3v) is 5.76. The molecule has 30 heavy (non-hydrogen) atoms. The second kappa shape index (κ2) is 7.63. The van der Waals surface area contributed by atoms with Gasteiger partial charge in [0.05, 0.1) is 12.7 Å². The maximum Gasteiger partial charge on any atom is 0.416 e. The predicted molar refractivity (Wildman–Crippen MR) is 104 cm³/mol. The van der Waals surface area contributed by atoms with Gasteiger partial charge in [0.25, 0.3) is 0 Å². The number of methoxy groups -OCH3 is 1. The van der Waals surface area contributed by atoms with Gasteiger partial charge in [-0.1, -0.05) is 24.3 Å². The molecule has 1 aliphatic heterocycles. The Morgan fingerprint density at radius 2 is 1.53 bits per heavy atom. The molecule has 0 saturated heterocycles. The molecule has 4 rings (SSSR count). The van der Waals surface area contributed by atoms with E-state index in [2.05, 4.69) is 5.32 Å². The Morgan fingerprint density at radius 3 is 2.13 bits per heavy atom. The number of alkyl halides is 3. The first kappa shape index (κ1) is 20.2. The van der Waals surface area contributed by atoms with Crippen molar-refractivity contribution >= 4 is 11.7 Å². The molecule has 7 heteroatoms. The molecular weight excluding hydrogens is 395 g/mol. The zero-order valence-electron chi connectivity index (χ0n) is 16.3. The Kier molecular flexibility index (Phi) is 5.13. The summed E-state index contributed by atoms with van der Waals surface area (Å²) in [6.45, 7) is 0. The van der Waals surface area contributed by atoms with E-state index in [0.29, 0.717) is 29.0 Å². The smallest absolute Gasteiger partial charge is 0.416 e. The molecule has 1 heterocycles. The molecule has 2 atom stereocenters. The van der Waals surface area contributed by atoms with Crippen molar-refractivity contribution < 1.29 is 27.5 Å². The summed E-state index contributed by atoms with van der Waals surface area (Å²) in [6, 6.07) is 12.2. The van der Waals surface area contributed by atoms with Gasteiger partial charge in [-0.3, -0.25) is 9.59 Å². The fraction of sp³-hybridized carbons (Fsp3) is 0.304. The Balaban J connectivity index is 1.65. The van der Waals surface area contributed by atoms with Gasteiger partial charge in [-0.2, -0.15) is 13.2 Å². The normalized spacial score (nSPS) is 21.9. The molecule has 0 saturated carbocycles. The second-order valence-electron chi connectivity index (χ2n) is 7.62. The van der Waals surface area contributed by atoms with Gasteiger partial charge in [0, 0.05) is 30.0 Å². The molecule has 1 aliphatic carbocycles. The second-order valence-corrected chi connectivity index (χ2v) is 7.62. The Labute approximate surface area is 171 Å². The highest BCUT2D eigenvalue weighted by atomic mass is 19.4. The van der Waals surface area contributed by atoms with Gasteiger partial charge in [0.15, 0.2) is 5.78 Å². The Bertz CT molecular complexity index is 1010. The summed E-state index contributed by atoms with van der Waals surface area (Å²) < 4.78 is 43.8. The van der Waals surface area contributed by atoms with E-state index >= 15 is 0 Å². The van der Waals surface area contributed by atoms with Gasteiger partial charge in [-0.05, 0) is 47.7 Å². The van der Waals surface area contributed by atoms with E-state index in [9.17, 15) is 22.8 Å². The van der Waals surface area contributed by atoms with E-state index in [-0.39, 0.29) is 30.4 Å². The lowest BCUT2D eigenvalue weighted by atomic mass is 9.73. The number of allylic oxidation sites excluding steroid dienone is 2. The number of rotatable bonds is 3. The van der Waals surface area contributed by atoms with Crippen LogP contribution in [-0.2, 0) is 15.8 Å². The van der Waals surface area contributed by atoms with E-state index < -0.39 is 17.7 Å². The summed E-state index contributed by atoms with van der Waals surface area (Å²) in [6.07, 6.45) is -3.60. The van der Waals surface area contributed by atoms with Crippen molar-refractivity contribution in [2.75, 3.05) is 7.11 Å². The molecule has 0 radical (unpaired) electrons. The number of carbonyl (C=O) groups is 2. The summed E-state index contributed by atoms with van der Waals surface area (Å²) in [5, 5.41) is 2.82. The van der Waals surface area contributed by atoms with Crippen LogP contribution in [0.25, 0.3) is 0 Å². The van der Waals surface area contributed by atoms with Crippen LogP contribution in [0.15, 0.2) is 59.8 Å². The molecule has 2 aliphatic rings. The van der Waals surface area contributed by atoms with Crippen LogP contribution < -0.4 is 10.1 Å². The van der Waals surface area contributed by atoms with E-state index in [1.54, 1.807) is 7.11 Å². The van der Waals surface area contributed by atoms with Crippen molar-refractivity contribution in [2.45, 2.75) is 37.3 Å². The molecule has 2 aromatic carbocycles. The SMILES string of the molecule is COc1ccc([C@H]2CC(=O)C3=C(C2)NC(=O)C[C@H]3c2ccc(C(F)(F)F)cc2)cc1. The predicted octanol–water partition coefficient (Wildman–Crippen LogP) is 4.72. The number of ether oxygens (including phenoxy) is 1. The maximum atomic E-state index is 13.0. The van der Waals surface area contributed by atoms with Crippen LogP contribution in [0.2, 0.25) is 0 Å². The van der Waals surface area contributed by atoms with Crippen molar-refractivity contribution in [1.82, 2.24) is 5.32 Å². The number of ketones is 1. The van der Waals surface area contributed by atoms with E-state index in [4.69, 9.17) is 4.74 Å². The van der Waals surface area contributed by atoms with Crippen molar-refractivity contribution in [3.8, 4) is 5.75 Å². The van der Waals surface area contributed by atoms with Gasteiger partial charge >= 0.3 is 6.18 Å². The number of Topliss-reactive ketones (excluding diaryl/α,β-unsaturated/α-hetero) is 1. The van der Waals surface area contributed by atoms with Gasteiger partial charge in [0.2, 0.25) is 5.91 Å². The lowest BCUT2D eigenvalue weighted by Gasteiger charge is -2.34. The highest BCUT2D eigenvalue weighted by molar-refractivity contribution is 6.02. The number of benzene rings is 2. The summed E-state index contributed by atoms with van der Waals surface area (Å²) in [7, 11) is 1.58. The first-order valence-corrected chi connectivity index (χ1v) is 9.63. The summed E-state index contributed by atoms with van der Waals surface area (Å²) in [5.41, 5.74) is 1.85. The minimum atomic E-state index is -4.43. The van der Waals surface area contributed by atoms with Gasteiger partial charge in [-0.25, -0.2) is 0 Å². The quantitative estimate of drug-likeness (QED) is 0.789. The van der Waals surface area contributed by atoms with E-state index in [1.807, 2.05) is 24.3 Å². The van der Waals surface area contributed by atoms with Crippen molar-refractivity contribution in [2.24, 2.45) is 0 Å². The molecule has 0 unspecified atom stereocenters. The monoisotopic (exact) mass is 415 g/mol. The minimum absolute atomic E-state index is 0.0448. The number of carbonyl (C=O) groups excluding carboxylic acids is 2. The minimum Gasteiger partial charge on any atom is -0.497 e. The third kappa shape index (κ3) is 3.84. The molecule has 0 bridgehead atoms. The number of hydrogen-bond acceptors (Lipinski definition) is 3. The third-order valence-electron chi connectivity index (χ3n) is 5.76. The zero-order chi connectivity index (χ0) is 21.5. The van der Waals surface area contributed by atoms with E-state index in [0.717, 1.165) is 17.7 Å². The lowest BCUT2D eigenvalue weighted by Crippen LogP contribution is -2.38. The van der Waals surface area contributed by atoms with Crippen LogP contribution in [0.4, 0.5) is 13.2 Å². The van der Waals surface area contributed by atoms with Crippen LogP contribution in [0, 0.1) is 0 Å². The fourth-order valence-corrected chi connectivity index (χ4v) is 4.26. The fourth-order valence-electron chi connectivity index (χ4n) is 4.26. The highest BCUT2D eigenvalue weighted by Crippen LogP contribution is 2.43. The molecule has 0 spiro atoms. The van der Waals surface area contributed by atoms with Gasteiger partial charge < -0.3 is 10.1 Å². The topological polar surface area (TPSA) is 55.4 Å². The first-order chi connectivity index (χ1) is 14.3. The lowest BCUT2D eigenvalue weighted by molar-refractivity contribution is -0.137. The van der Waals surface area contributed by atoms with Gasteiger partial charge in [-0.15, -0.1) is 0 Å². The number of hydrogen-bond donors (Lipinski definition) is 1. The van der Waals surface area contributed by atoms with Crippen LogP contribution in [0.3, 0.4) is 0 Å². The van der Waals surface area contributed by atoms with Crippen LogP contribution in [-0.4, -0.2) is 18.8 Å². The molecule has 4 nitrogen and oxygen atoms in total. The summed E-state index contributed by atoms with van der Waals surface area (Å²) in [5.74, 6) is -0.202. The first-order valence-electron chi connectivity index (χ1n) is 9.63. The Morgan fingerprint density at radius 1 is 0.900 bits per heavy atom. The van der Waals surface area contributed by atoms with Crippen molar-refractivity contribution in [3.63, 3.8) is 0 Å². The molecular formula is C23H20F3NO3. The van der Waals surface area contributed by atoms with Crippen LogP contribution >= 0.6 is 0 Å². The Hall–Kier alpha value is -3.09. The standard InChI is InChI=1S/C23H20F3NO3/c1-30-17-8-4-13(5-9-17)15-10-19-22(20(28)11-15)18(12-21(29)27-19)14-2-6-16(7-3-14)23(24,25)26/h2-9,15,18H,10-12H2,1H3,(H,27,29)/t15-,18+/m1/s1. The van der Waals surface area contributed by atoms with Gasteiger partial charge in [0.1, 0.15) is 5.75 Å². The average Bonchev–Trinajstić information content (AvgIpc) is 2.72. The molecule has 2 aromatic rings. The molecule has 0 aromatic heterocycles. The van der Waals surface area contributed by atoms with Crippen LogP contribution in [0.1, 0.15) is 47.8 Å². The molecule has 156 valence electrons. The largest absolute Gasteiger partial charge is 0.497 e. The van der Waals surface area contributed by atoms with Crippen molar-refractivity contribution in [1.29, 1.82) is 0 Å². The maximum absolute atomic E-state index is 13.0. The van der Waals surface area contributed by atoms with E-state index in [1.165, 1.54) is 12.1 Å². The number of nitrogens with one attached hydrogen (secondary N) is 1. The number of halogens is 3. The van der Waals surface area contributed by atoms with Crippen molar-refractivity contribution in [3.05, 3.63) is 76.5 Å².